The quantitative estimate of drug-likeness (QED) is 0.836. The van der Waals surface area contributed by atoms with Crippen molar-refractivity contribution < 1.29 is 13.2 Å². The van der Waals surface area contributed by atoms with Crippen LogP contribution in [0.3, 0.4) is 0 Å². The number of carbonyl (C=O) groups is 1. The molecule has 1 aliphatic rings. The van der Waals surface area contributed by atoms with Gasteiger partial charge in [0.1, 0.15) is 0 Å². The van der Waals surface area contributed by atoms with Crippen molar-refractivity contribution in [2.45, 2.75) is 24.7 Å². The number of nitrogens with one attached hydrogen (secondary N) is 1. The molecular weight excluding hydrogens is 374 g/mol. The van der Waals surface area contributed by atoms with Gasteiger partial charge in [0.25, 0.3) is 5.91 Å². The fourth-order valence-electron chi connectivity index (χ4n) is 3.15. The molecule has 6 nitrogen and oxygen atoms in total. The Morgan fingerprint density at radius 1 is 1.00 bits per heavy atom. The van der Waals surface area contributed by atoms with Crippen molar-refractivity contribution in [3.63, 3.8) is 0 Å². The first-order valence-electron chi connectivity index (χ1n) is 9.47. The summed E-state index contributed by atoms with van der Waals surface area (Å²) in [5.74, 6) is 0.0326. The van der Waals surface area contributed by atoms with Gasteiger partial charge in [0.05, 0.1) is 4.90 Å². The van der Waals surface area contributed by atoms with Crippen molar-refractivity contribution in [2.24, 2.45) is 0 Å². The van der Waals surface area contributed by atoms with E-state index in [1.165, 1.54) is 10.4 Å². The van der Waals surface area contributed by atoms with Crippen molar-refractivity contribution in [1.82, 2.24) is 9.21 Å². The lowest BCUT2D eigenvalue weighted by molar-refractivity contribution is 0.102. The van der Waals surface area contributed by atoms with E-state index in [0.29, 0.717) is 43.3 Å². The fraction of sp³-hybridized carbons (Fsp3) is 0.381. The molecule has 2 aromatic carbocycles. The van der Waals surface area contributed by atoms with Crippen LogP contribution in [0.2, 0.25) is 0 Å². The normalized spacial score (nSPS) is 16.3. The standard InChI is InChI=1S/C21H27N3O3S/c1-16(2)17-6-4-8-19(14-17)22-21(25)18-7-5-9-20(15-18)28(26,27)24-12-10-23(3)11-13-24/h4-9,14-16H,10-13H2,1-3H3,(H,22,25). The Morgan fingerprint density at radius 2 is 1.68 bits per heavy atom. The first-order chi connectivity index (χ1) is 13.3. The van der Waals surface area contributed by atoms with Gasteiger partial charge in [-0.1, -0.05) is 32.0 Å². The first kappa shape index (κ1) is 20.5. The minimum absolute atomic E-state index is 0.153. The molecule has 0 saturated carbocycles. The number of carbonyl (C=O) groups excluding carboxylic acids is 1. The van der Waals surface area contributed by atoms with Gasteiger partial charge in [0.2, 0.25) is 10.0 Å². The highest BCUT2D eigenvalue weighted by molar-refractivity contribution is 7.89. The Hall–Kier alpha value is -2.22. The van der Waals surface area contributed by atoms with Crippen LogP contribution in [0.5, 0.6) is 0 Å². The Balaban J connectivity index is 1.79. The van der Waals surface area contributed by atoms with Crippen LogP contribution in [0.1, 0.15) is 35.7 Å². The van der Waals surface area contributed by atoms with E-state index in [-0.39, 0.29) is 10.8 Å². The maximum Gasteiger partial charge on any atom is 0.255 e. The van der Waals surface area contributed by atoms with Crippen LogP contribution in [-0.4, -0.2) is 56.8 Å². The molecule has 2 aromatic rings. The summed E-state index contributed by atoms with van der Waals surface area (Å²) in [6, 6.07) is 13.9. The van der Waals surface area contributed by atoms with Gasteiger partial charge < -0.3 is 10.2 Å². The van der Waals surface area contributed by atoms with Crippen LogP contribution >= 0.6 is 0 Å². The number of hydrogen-bond donors (Lipinski definition) is 1. The second kappa shape index (κ2) is 8.43. The van der Waals surface area contributed by atoms with Gasteiger partial charge in [-0.15, -0.1) is 0 Å². The molecule has 1 amide bonds. The van der Waals surface area contributed by atoms with Crippen LogP contribution in [-0.2, 0) is 10.0 Å². The molecule has 0 aliphatic carbocycles. The zero-order chi connectivity index (χ0) is 20.3. The van der Waals surface area contributed by atoms with E-state index in [1.54, 1.807) is 18.2 Å². The van der Waals surface area contributed by atoms with E-state index in [9.17, 15) is 13.2 Å². The molecular formula is C21H27N3O3S. The summed E-state index contributed by atoms with van der Waals surface area (Å²) in [5, 5.41) is 2.86. The van der Waals surface area contributed by atoms with E-state index in [4.69, 9.17) is 0 Å². The Bertz CT molecular complexity index is 949. The van der Waals surface area contributed by atoms with Crippen LogP contribution < -0.4 is 5.32 Å². The lowest BCUT2D eigenvalue weighted by Gasteiger charge is -2.31. The predicted molar refractivity (Wildman–Crippen MR) is 111 cm³/mol. The molecule has 1 saturated heterocycles. The molecule has 28 heavy (non-hydrogen) atoms. The highest BCUT2D eigenvalue weighted by Gasteiger charge is 2.27. The van der Waals surface area contributed by atoms with Crippen molar-refractivity contribution in [2.75, 3.05) is 38.5 Å². The minimum Gasteiger partial charge on any atom is -0.322 e. The molecule has 1 heterocycles. The summed E-state index contributed by atoms with van der Waals surface area (Å²) >= 11 is 0. The largest absolute Gasteiger partial charge is 0.322 e. The average molecular weight is 402 g/mol. The number of hydrogen-bond acceptors (Lipinski definition) is 4. The van der Waals surface area contributed by atoms with Crippen LogP contribution in [0.15, 0.2) is 53.4 Å². The molecule has 1 fully saturated rings. The molecule has 1 N–H and O–H groups in total. The van der Waals surface area contributed by atoms with E-state index in [0.717, 1.165) is 5.56 Å². The highest BCUT2D eigenvalue weighted by Crippen LogP contribution is 2.21. The first-order valence-corrected chi connectivity index (χ1v) is 10.9. The van der Waals surface area contributed by atoms with Crippen LogP contribution in [0.25, 0.3) is 0 Å². The van der Waals surface area contributed by atoms with E-state index in [2.05, 4.69) is 24.1 Å². The van der Waals surface area contributed by atoms with Gasteiger partial charge in [-0.3, -0.25) is 4.79 Å². The number of nitrogens with zero attached hydrogens (tertiary/aromatic N) is 2. The lowest BCUT2D eigenvalue weighted by Crippen LogP contribution is -2.47. The van der Waals surface area contributed by atoms with Gasteiger partial charge in [-0.25, -0.2) is 8.42 Å². The predicted octanol–water partition coefficient (Wildman–Crippen LogP) is 3.00. The third-order valence-corrected chi connectivity index (χ3v) is 6.90. The van der Waals surface area contributed by atoms with Crippen LogP contribution in [0.4, 0.5) is 5.69 Å². The number of piperazine rings is 1. The summed E-state index contributed by atoms with van der Waals surface area (Å²) in [6.45, 7) is 6.49. The summed E-state index contributed by atoms with van der Waals surface area (Å²) in [7, 11) is -1.63. The summed E-state index contributed by atoms with van der Waals surface area (Å²) in [5.41, 5.74) is 2.15. The molecule has 0 spiro atoms. The zero-order valence-corrected chi connectivity index (χ0v) is 17.4. The van der Waals surface area contributed by atoms with Gasteiger partial charge in [-0.2, -0.15) is 4.31 Å². The number of likely N-dealkylation sites (N-methyl/N-ethyl adjacent to an activating group) is 1. The smallest absolute Gasteiger partial charge is 0.255 e. The maximum absolute atomic E-state index is 12.9. The number of rotatable bonds is 5. The number of sulfonamides is 1. The Morgan fingerprint density at radius 3 is 2.36 bits per heavy atom. The van der Waals surface area contributed by atoms with Gasteiger partial charge >= 0.3 is 0 Å². The molecule has 0 atom stereocenters. The molecule has 0 radical (unpaired) electrons. The second-order valence-corrected chi connectivity index (χ2v) is 9.41. The van der Waals surface area contributed by atoms with E-state index >= 15 is 0 Å². The third kappa shape index (κ3) is 4.60. The molecule has 150 valence electrons. The van der Waals surface area contributed by atoms with E-state index in [1.807, 2.05) is 31.3 Å². The summed E-state index contributed by atoms with van der Waals surface area (Å²) in [6.07, 6.45) is 0. The molecule has 1 aliphatic heterocycles. The van der Waals surface area contributed by atoms with Gasteiger partial charge in [-0.05, 0) is 48.9 Å². The zero-order valence-electron chi connectivity index (χ0n) is 16.6. The van der Waals surface area contributed by atoms with Crippen molar-refractivity contribution in [3.05, 3.63) is 59.7 Å². The number of amides is 1. The maximum atomic E-state index is 12.9. The average Bonchev–Trinajstić information content (AvgIpc) is 2.68. The Kier molecular flexibility index (Phi) is 6.17. The SMILES string of the molecule is CC(C)c1cccc(NC(=O)c2cccc(S(=O)(=O)N3CCN(C)CC3)c2)c1. The second-order valence-electron chi connectivity index (χ2n) is 7.47. The molecule has 3 rings (SSSR count). The fourth-order valence-corrected chi connectivity index (χ4v) is 4.62. The molecule has 7 heteroatoms. The summed E-state index contributed by atoms with van der Waals surface area (Å²) in [4.78, 5) is 14.9. The molecule has 0 unspecified atom stereocenters. The number of benzene rings is 2. The monoisotopic (exact) mass is 401 g/mol. The van der Waals surface area contributed by atoms with Crippen LogP contribution in [0, 0.1) is 0 Å². The van der Waals surface area contributed by atoms with E-state index < -0.39 is 10.0 Å². The highest BCUT2D eigenvalue weighted by atomic mass is 32.2. The number of anilines is 1. The molecule has 0 aromatic heterocycles. The van der Waals surface area contributed by atoms with Crippen molar-refractivity contribution >= 4 is 21.6 Å². The topological polar surface area (TPSA) is 69.7 Å². The molecule has 0 bridgehead atoms. The van der Waals surface area contributed by atoms with Gasteiger partial charge in [0.15, 0.2) is 0 Å². The van der Waals surface area contributed by atoms with Gasteiger partial charge in [0, 0.05) is 37.4 Å². The summed E-state index contributed by atoms with van der Waals surface area (Å²) < 4.78 is 27.3. The minimum atomic E-state index is -3.61. The van der Waals surface area contributed by atoms with Crippen molar-refractivity contribution in [1.29, 1.82) is 0 Å². The Labute approximate surface area is 167 Å². The van der Waals surface area contributed by atoms with Crippen molar-refractivity contribution in [3.8, 4) is 0 Å². The lowest BCUT2D eigenvalue weighted by atomic mass is 10.0. The third-order valence-electron chi connectivity index (χ3n) is 5.01.